The maximum Gasteiger partial charge on any atom is -0.0351 e. The second kappa shape index (κ2) is 18.7. The van der Waals surface area contributed by atoms with Gasteiger partial charge in [0.2, 0.25) is 0 Å². The molecule has 0 heterocycles. The van der Waals surface area contributed by atoms with Crippen LogP contribution in [-0.4, -0.2) is 0 Å². The molecule has 20 heavy (non-hydrogen) atoms. The lowest BCUT2D eigenvalue weighted by Gasteiger charge is -2.01. The first kappa shape index (κ1) is 19.7. The lowest BCUT2D eigenvalue weighted by Crippen LogP contribution is -1.82. The fourth-order valence-electron chi connectivity index (χ4n) is 2.67. The molecule has 0 nitrogen and oxygen atoms in total. The summed E-state index contributed by atoms with van der Waals surface area (Å²) in [6.45, 7) is 4.56. The molecule has 0 N–H and O–H groups in total. The second-order valence-electron chi connectivity index (χ2n) is 6.29. The van der Waals surface area contributed by atoms with Gasteiger partial charge in [0.05, 0.1) is 0 Å². The van der Waals surface area contributed by atoms with Crippen molar-refractivity contribution >= 4 is 0 Å². The Balaban J connectivity index is 2.99. The molecule has 0 aromatic carbocycles. The molecule has 0 unspecified atom stereocenters. The molecule has 0 aromatic heterocycles. The zero-order valence-electron chi connectivity index (χ0n) is 14.5. The number of allylic oxidation sites excluding steroid dienone is 2. The van der Waals surface area contributed by atoms with E-state index in [2.05, 4.69) is 26.0 Å². The molecule has 0 saturated carbocycles. The van der Waals surface area contributed by atoms with Crippen molar-refractivity contribution in [2.75, 3.05) is 0 Å². The molecule has 0 aromatic rings. The molecule has 0 aliphatic rings. The van der Waals surface area contributed by atoms with Gasteiger partial charge < -0.3 is 0 Å². The van der Waals surface area contributed by atoms with E-state index in [0.29, 0.717) is 0 Å². The van der Waals surface area contributed by atoms with Crippen LogP contribution in [0.3, 0.4) is 0 Å². The number of hydrogen-bond donors (Lipinski definition) is 0. The third-order valence-electron chi connectivity index (χ3n) is 4.12. The molecule has 0 fully saturated rings. The molecular weight excluding hydrogens is 240 g/mol. The summed E-state index contributed by atoms with van der Waals surface area (Å²) in [6, 6.07) is 0. The van der Waals surface area contributed by atoms with Gasteiger partial charge in [0.1, 0.15) is 0 Å². The van der Waals surface area contributed by atoms with E-state index in [1.807, 2.05) is 0 Å². The van der Waals surface area contributed by atoms with Crippen molar-refractivity contribution in [1.29, 1.82) is 0 Å². The molecule has 0 amide bonds. The van der Waals surface area contributed by atoms with Gasteiger partial charge in [-0.05, 0) is 25.7 Å². The fourth-order valence-corrected chi connectivity index (χ4v) is 2.67. The summed E-state index contributed by atoms with van der Waals surface area (Å²) in [5.41, 5.74) is 0. The Kier molecular flexibility index (Phi) is 18.5. The minimum absolute atomic E-state index is 1.30. The normalized spacial score (nSPS) is 11.5. The Bertz CT molecular complexity index is 180. The third-order valence-corrected chi connectivity index (χ3v) is 4.12. The highest BCUT2D eigenvalue weighted by molar-refractivity contribution is 4.81. The van der Waals surface area contributed by atoms with Gasteiger partial charge in [-0.3, -0.25) is 0 Å². The largest absolute Gasteiger partial charge is 0.0885 e. The lowest BCUT2D eigenvalue weighted by atomic mass is 10.1. The van der Waals surface area contributed by atoms with Crippen molar-refractivity contribution < 1.29 is 0 Å². The van der Waals surface area contributed by atoms with Gasteiger partial charge >= 0.3 is 0 Å². The molecule has 0 aliphatic heterocycles. The smallest absolute Gasteiger partial charge is 0.0351 e. The van der Waals surface area contributed by atoms with Crippen LogP contribution in [0.5, 0.6) is 0 Å². The van der Waals surface area contributed by atoms with Gasteiger partial charge in [0.15, 0.2) is 0 Å². The van der Waals surface area contributed by atoms with Crippen LogP contribution in [0.25, 0.3) is 0 Å². The van der Waals surface area contributed by atoms with E-state index in [-0.39, 0.29) is 0 Å². The van der Waals surface area contributed by atoms with E-state index in [0.717, 1.165) is 0 Å². The van der Waals surface area contributed by atoms with Crippen molar-refractivity contribution in [2.45, 2.75) is 117 Å². The maximum atomic E-state index is 2.41. The van der Waals surface area contributed by atoms with Crippen LogP contribution in [0.15, 0.2) is 12.2 Å². The number of hydrogen-bond acceptors (Lipinski definition) is 0. The van der Waals surface area contributed by atoms with Crippen LogP contribution in [-0.2, 0) is 0 Å². The van der Waals surface area contributed by atoms with Crippen molar-refractivity contribution in [3.63, 3.8) is 0 Å². The standard InChI is InChI=1S/C20H40/c1-3-5-7-9-11-13-15-17-19-20-18-16-14-12-10-8-6-4-2/h11,13H,3-10,12,14-20H2,1-2H3/b13-11+. The monoisotopic (exact) mass is 280 g/mol. The molecule has 0 saturated heterocycles. The highest BCUT2D eigenvalue weighted by Gasteiger charge is 1.92. The van der Waals surface area contributed by atoms with E-state index in [1.54, 1.807) is 0 Å². The van der Waals surface area contributed by atoms with E-state index in [4.69, 9.17) is 0 Å². The SMILES string of the molecule is CCCCC/C=C/CCCCCCCCCCCCC. The first-order valence-corrected chi connectivity index (χ1v) is 9.56. The topological polar surface area (TPSA) is 0 Å². The zero-order chi connectivity index (χ0) is 14.7. The summed E-state index contributed by atoms with van der Waals surface area (Å²) in [5.74, 6) is 0. The first-order valence-electron chi connectivity index (χ1n) is 9.56. The van der Waals surface area contributed by atoms with Crippen LogP contribution < -0.4 is 0 Å². The Hall–Kier alpha value is -0.260. The van der Waals surface area contributed by atoms with Crippen LogP contribution in [0.2, 0.25) is 0 Å². The highest BCUT2D eigenvalue weighted by atomic mass is 14.0. The van der Waals surface area contributed by atoms with Crippen LogP contribution in [0.1, 0.15) is 117 Å². The Labute approximate surface area is 129 Å². The van der Waals surface area contributed by atoms with Gasteiger partial charge in [-0.1, -0.05) is 103 Å². The molecule has 0 spiro atoms. The quantitative estimate of drug-likeness (QED) is 0.200. The van der Waals surface area contributed by atoms with E-state index < -0.39 is 0 Å². The number of unbranched alkanes of at least 4 members (excludes halogenated alkanes) is 14. The Morgan fingerprint density at radius 1 is 0.400 bits per heavy atom. The molecular formula is C20H40. The molecule has 0 radical (unpaired) electrons. The van der Waals surface area contributed by atoms with Crippen molar-refractivity contribution in [1.82, 2.24) is 0 Å². The van der Waals surface area contributed by atoms with Gasteiger partial charge in [-0.15, -0.1) is 0 Å². The van der Waals surface area contributed by atoms with E-state index in [9.17, 15) is 0 Å². The molecule has 0 rings (SSSR count). The summed E-state index contributed by atoms with van der Waals surface area (Å²) in [5, 5.41) is 0. The highest BCUT2D eigenvalue weighted by Crippen LogP contribution is 2.12. The summed E-state index contributed by atoms with van der Waals surface area (Å²) in [4.78, 5) is 0. The molecule has 0 bridgehead atoms. The third kappa shape index (κ3) is 17.7. The van der Waals surface area contributed by atoms with Crippen LogP contribution in [0, 0.1) is 0 Å². The zero-order valence-corrected chi connectivity index (χ0v) is 14.5. The Morgan fingerprint density at radius 3 is 1.15 bits per heavy atom. The minimum atomic E-state index is 1.30. The van der Waals surface area contributed by atoms with Crippen LogP contribution in [0.4, 0.5) is 0 Å². The average molecular weight is 281 g/mol. The van der Waals surface area contributed by atoms with Crippen LogP contribution >= 0.6 is 0 Å². The van der Waals surface area contributed by atoms with Crippen molar-refractivity contribution in [3.05, 3.63) is 12.2 Å². The van der Waals surface area contributed by atoms with Gasteiger partial charge in [0.25, 0.3) is 0 Å². The molecule has 120 valence electrons. The summed E-state index contributed by atoms with van der Waals surface area (Å²) in [7, 11) is 0. The summed E-state index contributed by atoms with van der Waals surface area (Å²) < 4.78 is 0. The lowest BCUT2D eigenvalue weighted by molar-refractivity contribution is 0.550. The maximum absolute atomic E-state index is 2.41. The van der Waals surface area contributed by atoms with E-state index in [1.165, 1.54) is 103 Å². The van der Waals surface area contributed by atoms with Crippen molar-refractivity contribution in [3.8, 4) is 0 Å². The summed E-state index contributed by atoms with van der Waals surface area (Å²) >= 11 is 0. The van der Waals surface area contributed by atoms with Gasteiger partial charge in [0, 0.05) is 0 Å². The molecule has 0 heteroatoms. The molecule has 0 aliphatic carbocycles. The van der Waals surface area contributed by atoms with Gasteiger partial charge in [-0.25, -0.2) is 0 Å². The predicted molar refractivity (Wildman–Crippen MR) is 94.4 cm³/mol. The minimum Gasteiger partial charge on any atom is -0.0885 e. The predicted octanol–water partition coefficient (Wildman–Crippen LogP) is 7.82. The Morgan fingerprint density at radius 2 is 0.700 bits per heavy atom. The molecule has 0 atom stereocenters. The van der Waals surface area contributed by atoms with Gasteiger partial charge in [-0.2, -0.15) is 0 Å². The van der Waals surface area contributed by atoms with Crippen molar-refractivity contribution in [2.24, 2.45) is 0 Å². The van der Waals surface area contributed by atoms with E-state index >= 15 is 0 Å². The fraction of sp³-hybridized carbons (Fsp3) is 0.900. The second-order valence-corrected chi connectivity index (χ2v) is 6.29. The summed E-state index contributed by atoms with van der Waals surface area (Å²) in [6.07, 6.45) is 27.4. The average Bonchev–Trinajstić information content (AvgIpc) is 2.47. The number of rotatable bonds is 16. The first-order chi connectivity index (χ1) is 9.91.